The van der Waals surface area contributed by atoms with E-state index in [1.807, 2.05) is 32.0 Å². The fourth-order valence-corrected chi connectivity index (χ4v) is 1.75. The first-order valence-corrected chi connectivity index (χ1v) is 6.86. The summed E-state index contributed by atoms with van der Waals surface area (Å²) in [6.07, 6.45) is 2.43. The molecule has 0 saturated carbocycles. The maximum atomic E-state index is 11.7. The molecule has 0 aliphatic carbocycles. The molecule has 0 radical (unpaired) electrons. The van der Waals surface area contributed by atoms with Crippen molar-refractivity contribution in [2.24, 2.45) is 0 Å². The van der Waals surface area contributed by atoms with Crippen LogP contribution < -0.4 is 11.1 Å². The average Bonchev–Trinajstić information content (AvgIpc) is 2.49. The lowest BCUT2D eigenvalue weighted by Gasteiger charge is -2.08. The molecular weight excluding hydrogens is 266 g/mol. The van der Waals surface area contributed by atoms with Crippen LogP contribution in [0.1, 0.15) is 29.3 Å². The Hall–Kier alpha value is -2.56. The molecule has 1 aromatic heterocycles. The van der Waals surface area contributed by atoms with Crippen molar-refractivity contribution < 1.29 is 9.53 Å². The number of aryl methyl sites for hydroxylation is 1. The lowest BCUT2D eigenvalue weighted by atomic mass is 10.2. The van der Waals surface area contributed by atoms with E-state index >= 15 is 0 Å². The first kappa shape index (κ1) is 14.8. The Bertz CT molecular complexity index is 624. The number of carbonyl (C=O) groups excluding carboxylic acids is 1. The van der Waals surface area contributed by atoms with Gasteiger partial charge >= 0.3 is 5.97 Å². The zero-order valence-electron chi connectivity index (χ0n) is 12.2. The third-order valence-electron chi connectivity index (χ3n) is 2.98. The molecule has 0 bridgehead atoms. The summed E-state index contributed by atoms with van der Waals surface area (Å²) >= 11 is 0. The number of esters is 1. The number of anilines is 3. The van der Waals surface area contributed by atoms with Crippen LogP contribution in [0.15, 0.2) is 36.5 Å². The van der Waals surface area contributed by atoms with Gasteiger partial charge in [-0.2, -0.15) is 0 Å². The van der Waals surface area contributed by atoms with Gasteiger partial charge in [0.1, 0.15) is 5.82 Å². The van der Waals surface area contributed by atoms with Crippen LogP contribution in [0.4, 0.5) is 17.2 Å². The molecule has 5 nitrogen and oxygen atoms in total. The molecule has 0 aliphatic rings. The van der Waals surface area contributed by atoms with Crippen LogP contribution in [0.2, 0.25) is 0 Å². The number of nitrogens with zero attached hydrogens (tertiary/aromatic N) is 1. The number of pyridine rings is 1. The van der Waals surface area contributed by atoms with Gasteiger partial charge in [-0.05, 0) is 49.2 Å². The normalized spacial score (nSPS) is 10.2. The molecule has 21 heavy (non-hydrogen) atoms. The maximum absolute atomic E-state index is 11.7. The van der Waals surface area contributed by atoms with E-state index in [1.165, 1.54) is 0 Å². The van der Waals surface area contributed by atoms with Gasteiger partial charge in [-0.25, -0.2) is 9.78 Å². The smallest absolute Gasteiger partial charge is 0.338 e. The second kappa shape index (κ2) is 6.74. The summed E-state index contributed by atoms with van der Waals surface area (Å²) in [5, 5.41) is 3.16. The molecule has 1 heterocycles. The van der Waals surface area contributed by atoms with E-state index in [0.717, 1.165) is 17.7 Å². The van der Waals surface area contributed by atoms with E-state index in [1.54, 1.807) is 18.3 Å². The average molecular weight is 285 g/mol. The van der Waals surface area contributed by atoms with E-state index in [9.17, 15) is 4.79 Å². The summed E-state index contributed by atoms with van der Waals surface area (Å²) in [6.45, 7) is 4.32. The highest BCUT2D eigenvalue weighted by Gasteiger charge is 2.06. The summed E-state index contributed by atoms with van der Waals surface area (Å²) < 4.78 is 5.08. The minimum Gasteiger partial charge on any atom is -0.462 e. The van der Waals surface area contributed by atoms with Gasteiger partial charge in [0.05, 0.1) is 24.1 Å². The highest BCUT2D eigenvalue weighted by molar-refractivity contribution is 5.89. The van der Waals surface area contributed by atoms with Gasteiger partial charge < -0.3 is 15.8 Å². The summed E-state index contributed by atoms with van der Waals surface area (Å²) in [7, 11) is 0. The van der Waals surface area contributed by atoms with Crippen molar-refractivity contribution in [3.05, 3.63) is 47.7 Å². The largest absolute Gasteiger partial charge is 0.462 e. The topological polar surface area (TPSA) is 77.2 Å². The zero-order valence-corrected chi connectivity index (χ0v) is 12.2. The minimum atomic E-state index is -0.301. The van der Waals surface area contributed by atoms with Gasteiger partial charge in [0.25, 0.3) is 0 Å². The zero-order chi connectivity index (χ0) is 15.2. The quantitative estimate of drug-likeness (QED) is 0.824. The van der Waals surface area contributed by atoms with Crippen LogP contribution in [-0.4, -0.2) is 17.6 Å². The summed E-state index contributed by atoms with van der Waals surface area (Å²) in [5.74, 6) is 0.410. The number of carbonyl (C=O) groups is 1. The van der Waals surface area contributed by atoms with Crippen LogP contribution in [0.25, 0.3) is 0 Å². The number of ether oxygens (including phenoxy) is 1. The second-order valence-corrected chi connectivity index (χ2v) is 4.76. The first-order chi connectivity index (χ1) is 10.1. The number of nitrogens with one attached hydrogen (secondary N) is 1. The van der Waals surface area contributed by atoms with Crippen molar-refractivity contribution in [3.63, 3.8) is 0 Å². The molecule has 0 unspecified atom stereocenters. The molecular formula is C16H19N3O2. The lowest BCUT2D eigenvalue weighted by molar-refractivity contribution is 0.0505. The van der Waals surface area contributed by atoms with E-state index in [-0.39, 0.29) is 5.97 Å². The number of nitrogens with two attached hydrogens (primary N) is 1. The Balaban J connectivity index is 2.05. The Labute approximate surface area is 124 Å². The van der Waals surface area contributed by atoms with Crippen molar-refractivity contribution in [1.82, 2.24) is 4.98 Å². The Kier molecular flexibility index (Phi) is 4.77. The fraction of sp³-hybridized carbons (Fsp3) is 0.250. The monoisotopic (exact) mass is 285 g/mol. The lowest BCUT2D eigenvalue weighted by Crippen LogP contribution is -2.05. The standard InChI is InChI=1S/C16H19N3O2/c1-3-8-21-16(20)12-4-6-13(7-5-12)19-15-9-11(2)14(17)10-18-15/h4-7,9-10H,3,8,17H2,1-2H3,(H,18,19). The fourth-order valence-electron chi connectivity index (χ4n) is 1.75. The van der Waals surface area contributed by atoms with E-state index in [0.29, 0.717) is 23.7 Å². The van der Waals surface area contributed by atoms with Crippen molar-refractivity contribution >= 4 is 23.2 Å². The van der Waals surface area contributed by atoms with E-state index in [4.69, 9.17) is 10.5 Å². The third kappa shape index (κ3) is 3.95. The van der Waals surface area contributed by atoms with Crippen molar-refractivity contribution in [2.45, 2.75) is 20.3 Å². The highest BCUT2D eigenvalue weighted by Crippen LogP contribution is 2.19. The highest BCUT2D eigenvalue weighted by atomic mass is 16.5. The SMILES string of the molecule is CCCOC(=O)c1ccc(Nc2cc(C)c(N)cn2)cc1. The Morgan fingerprint density at radius 1 is 1.33 bits per heavy atom. The molecule has 0 fully saturated rings. The molecule has 0 saturated heterocycles. The number of aromatic nitrogens is 1. The molecule has 1 aromatic carbocycles. The number of hydrogen-bond donors (Lipinski definition) is 2. The van der Waals surface area contributed by atoms with Crippen LogP contribution >= 0.6 is 0 Å². The number of hydrogen-bond acceptors (Lipinski definition) is 5. The molecule has 110 valence electrons. The maximum Gasteiger partial charge on any atom is 0.338 e. The van der Waals surface area contributed by atoms with Crippen molar-refractivity contribution in [3.8, 4) is 0 Å². The molecule has 0 aliphatic heterocycles. The first-order valence-electron chi connectivity index (χ1n) is 6.86. The molecule has 2 rings (SSSR count). The van der Waals surface area contributed by atoms with E-state index < -0.39 is 0 Å². The molecule has 3 N–H and O–H groups in total. The molecule has 0 amide bonds. The number of nitrogen functional groups attached to an aromatic ring is 1. The van der Waals surface area contributed by atoms with Crippen molar-refractivity contribution in [2.75, 3.05) is 17.7 Å². The van der Waals surface area contributed by atoms with Crippen LogP contribution in [-0.2, 0) is 4.74 Å². The third-order valence-corrected chi connectivity index (χ3v) is 2.98. The Morgan fingerprint density at radius 2 is 2.05 bits per heavy atom. The van der Waals surface area contributed by atoms with Crippen LogP contribution in [0.5, 0.6) is 0 Å². The van der Waals surface area contributed by atoms with Gasteiger partial charge in [-0.15, -0.1) is 0 Å². The molecule has 5 heteroatoms. The van der Waals surface area contributed by atoms with Gasteiger partial charge in [0.15, 0.2) is 0 Å². The predicted octanol–water partition coefficient (Wildman–Crippen LogP) is 3.28. The summed E-state index contributed by atoms with van der Waals surface area (Å²) in [4.78, 5) is 15.9. The van der Waals surface area contributed by atoms with Crippen LogP contribution in [0, 0.1) is 6.92 Å². The van der Waals surface area contributed by atoms with Gasteiger partial charge in [-0.1, -0.05) is 6.92 Å². The predicted molar refractivity (Wildman–Crippen MR) is 83.7 cm³/mol. The summed E-state index contributed by atoms with van der Waals surface area (Å²) in [5.41, 5.74) is 8.74. The minimum absolute atomic E-state index is 0.301. The number of benzene rings is 1. The summed E-state index contributed by atoms with van der Waals surface area (Å²) in [6, 6.07) is 8.96. The Morgan fingerprint density at radius 3 is 2.67 bits per heavy atom. The van der Waals surface area contributed by atoms with Crippen LogP contribution in [0.3, 0.4) is 0 Å². The molecule has 2 aromatic rings. The van der Waals surface area contributed by atoms with E-state index in [2.05, 4.69) is 10.3 Å². The van der Waals surface area contributed by atoms with Gasteiger partial charge in [0.2, 0.25) is 0 Å². The van der Waals surface area contributed by atoms with Gasteiger partial charge in [0, 0.05) is 5.69 Å². The van der Waals surface area contributed by atoms with Crippen molar-refractivity contribution in [1.29, 1.82) is 0 Å². The molecule has 0 spiro atoms. The second-order valence-electron chi connectivity index (χ2n) is 4.76. The molecule has 0 atom stereocenters. The number of rotatable bonds is 5. The van der Waals surface area contributed by atoms with Gasteiger partial charge in [-0.3, -0.25) is 0 Å².